The van der Waals surface area contributed by atoms with Crippen LogP contribution in [0.1, 0.15) is 41.3 Å². The average Bonchev–Trinajstić information content (AvgIpc) is 3.06. The largest absolute Gasteiger partial charge is 0.360 e. The zero-order valence-electron chi connectivity index (χ0n) is 11.5. The van der Waals surface area contributed by atoms with Crippen molar-refractivity contribution in [3.05, 3.63) is 40.4 Å². The molecule has 2 aromatic rings. The van der Waals surface area contributed by atoms with Crippen molar-refractivity contribution >= 4 is 16.5 Å². The van der Waals surface area contributed by atoms with Crippen molar-refractivity contribution in [2.24, 2.45) is 5.92 Å². The maximum absolute atomic E-state index is 4.27. The summed E-state index contributed by atoms with van der Waals surface area (Å²) in [5.41, 5.74) is 3.09. The van der Waals surface area contributed by atoms with Gasteiger partial charge in [-0.05, 0) is 49.1 Å². The molecule has 20 heavy (non-hydrogen) atoms. The lowest BCUT2D eigenvalue weighted by molar-refractivity contribution is 0.530. The summed E-state index contributed by atoms with van der Waals surface area (Å²) >= 11 is 1.74. The molecule has 2 aliphatic rings. The highest BCUT2D eigenvalue weighted by Crippen LogP contribution is 2.42. The number of hydrogen-bond acceptors (Lipinski definition) is 4. The molecule has 104 valence electrons. The smallest absolute Gasteiger partial charge is 0.205 e. The normalized spacial score (nSPS) is 18.2. The average molecular weight is 285 g/mol. The van der Waals surface area contributed by atoms with E-state index in [1.165, 1.54) is 37.1 Å². The van der Waals surface area contributed by atoms with Crippen LogP contribution in [0, 0.1) is 5.92 Å². The molecule has 0 aliphatic heterocycles. The molecular formula is C16H19N3S. The van der Waals surface area contributed by atoms with Crippen LogP contribution < -0.4 is 5.32 Å². The van der Waals surface area contributed by atoms with Gasteiger partial charge in [0.15, 0.2) is 0 Å². The van der Waals surface area contributed by atoms with Crippen LogP contribution in [-0.4, -0.2) is 16.7 Å². The molecule has 1 N–H and O–H groups in total. The Balaban J connectivity index is 1.27. The molecule has 0 saturated heterocycles. The van der Waals surface area contributed by atoms with Gasteiger partial charge in [0.1, 0.15) is 5.01 Å². The lowest BCUT2D eigenvalue weighted by Gasteiger charge is -2.08. The molecule has 3 nitrogen and oxygen atoms in total. The van der Waals surface area contributed by atoms with E-state index in [1.807, 2.05) is 0 Å². The van der Waals surface area contributed by atoms with Crippen molar-refractivity contribution in [3.63, 3.8) is 0 Å². The highest BCUT2D eigenvalue weighted by atomic mass is 32.1. The van der Waals surface area contributed by atoms with Crippen LogP contribution in [0.25, 0.3) is 0 Å². The van der Waals surface area contributed by atoms with Crippen LogP contribution >= 0.6 is 11.3 Å². The van der Waals surface area contributed by atoms with Crippen LogP contribution in [-0.2, 0) is 12.8 Å². The molecule has 0 bridgehead atoms. The van der Waals surface area contributed by atoms with Gasteiger partial charge in [0.25, 0.3) is 0 Å². The van der Waals surface area contributed by atoms with Crippen LogP contribution in [0.2, 0.25) is 0 Å². The third-order valence-corrected chi connectivity index (χ3v) is 5.38. The van der Waals surface area contributed by atoms with Gasteiger partial charge >= 0.3 is 0 Å². The van der Waals surface area contributed by atoms with E-state index >= 15 is 0 Å². The summed E-state index contributed by atoms with van der Waals surface area (Å²) in [6.07, 6.45) is 6.29. The molecule has 0 radical (unpaired) electrons. The van der Waals surface area contributed by atoms with Crippen molar-refractivity contribution in [1.29, 1.82) is 0 Å². The zero-order valence-corrected chi connectivity index (χ0v) is 12.3. The van der Waals surface area contributed by atoms with Gasteiger partial charge in [-0.1, -0.05) is 35.6 Å². The van der Waals surface area contributed by atoms with Crippen molar-refractivity contribution < 1.29 is 0 Å². The number of benzene rings is 1. The van der Waals surface area contributed by atoms with E-state index in [4.69, 9.17) is 0 Å². The Kier molecular flexibility index (Phi) is 3.19. The number of aromatic nitrogens is 2. The minimum absolute atomic E-state index is 0.715. The van der Waals surface area contributed by atoms with E-state index in [1.54, 1.807) is 22.5 Å². The zero-order chi connectivity index (χ0) is 13.4. The Morgan fingerprint density at radius 2 is 1.85 bits per heavy atom. The highest BCUT2D eigenvalue weighted by Gasteiger charge is 2.27. The molecule has 1 aromatic heterocycles. The molecule has 1 saturated carbocycles. The summed E-state index contributed by atoms with van der Waals surface area (Å²) in [6, 6.07) is 8.85. The minimum atomic E-state index is 0.715. The number of rotatable bonds is 5. The second kappa shape index (κ2) is 5.17. The van der Waals surface area contributed by atoms with Gasteiger partial charge in [-0.3, -0.25) is 0 Å². The summed E-state index contributed by atoms with van der Waals surface area (Å²) in [4.78, 5) is 0. The quantitative estimate of drug-likeness (QED) is 0.911. The number of nitrogens with one attached hydrogen (secondary N) is 1. The second-order valence-electron chi connectivity index (χ2n) is 5.98. The maximum atomic E-state index is 4.27. The van der Waals surface area contributed by atoms with E-state index < -0.39 is 0 Å². The van der Waals surface area contributed by atoms with Crippen LogP contribution in [0.15, 0.2) is 24.3 Å². The van der Waals surface area contributed by atoms with Gasteiger partial charge in [-0.2, -0.15) is 0 Å². The van der Waals surface area contributed by atoms with Crippen molar-refractivity contribution in [2.75, 3.05) is 11.9 Å². The molecular weight excluding hydrogens is 266 g/mol. The summed E-state index contributed by atoms with van der Waals surface area (Å²) in [5.74, 6) is 1.50. The first-order valence-electron chi connectivity index (χ1n) is 7.52. The van der Waals surface area contributed by atoms with E-state index in [0.29, 0.717) is 5.92 Å². The van der Waals surface area contributed by atoms with E-state index in [2.05, 4.69) is 39.8 Å². The van der Waals surface area contributed by atoms with Gasteiger partial charge in [-0.15, -0.1) is 10.2 Å². The molecule has 0 atom stereocenters. The maximum Gasteiger partial charge on any atom is 0.205 e. The second-order valence-corrected chi connectivity index (χ2v) is 6.99. The molecule has 1 fully saturated rings. The molecule has 0 unspecified atom stereocenters. The van der Waals surface area contributed by atoms with Crippen molar-refractivity contribution in [1.82, 2.24) is 10.2 Å². The van der Waals surface area contributed by atoms with Crippen LogP contribution in [0.3, 0.4) is 0 Å². The Morgan fingerprint density at radius 3 is 2.55 bits per heavy atom. The van der Waals surface area contributed by atoms with E-state index in [0.717, 1.165) is 17.6 Å². The van der Waals surface area contributed by atoms with Gasteiger partial charge in [0.05, 0.1) is 0 Å². The topological polar surface area (TPSA) is 37.8 Å². The monoisotopic (exact) mass is 285 g/mol. The van der Waals surface area contributed by atoms with Crippen LogP contribution in [0.4, 0.5) is 5.13 Å². The highest BCUT2D eigenvalue weighted by molar-refractivity contribution is 7.15. The molecule has 1 aromatic carbocycles. The lowest BCUT2D eigenvalue weighted by Crippen LogP contribution is -2.09. The third kappa shape index (κ3) is 2.57. The first kappa shape index (κ1) is 12.3. The first-order valence-corrected chi connectivity index (χ1v) is 8.34. The van der Waals surface area contributed by atoms with Crippen LogP contribution in [0.5, 0.6) is 0 Å². The Bertz CT molecular complexity index is 578. The molecule has 4 rings (SSSR count). The number of fused-ring (bicyclic) bond motifs is 1. The van der Waals surface area contributed by atoms with Gasteiger partial charge in [0, 0.05) is 12.5 Å². The summed E-state index contributed by atoms with van der Waals surface area (Å²) in [5, 5.41) is 14.2. The lowest BCUT2D eigenvalue weighted by atomic mass is 10.0. The summed E-state index contributed by atoms with van der Waals surface area (Å²) in [6.45, 7) is 1.01. The van der Waals surface area contributed by atoms with Crippen molar-refractivity contribution in [2.45, 2.75) is 38.0 Å². The predicted molar refractivity (Wildman–Crippen MR) is 82.3 cm³/mol. The van der Waals surface area contributed by atoms with E-state index in [-0.39, 0.29) is 0 Å². The predicted octanol–water partition coefficient (Wildman–Crippen LogP) is 3.63. The summed E-state index contributed by atoms with van der Waals surface area (Å²) in [7, 11) is 0. The Hall–Kier alpha value is -1.42. The fraction of sp³-hybridized carbons (Fsp3) is 0.500. The number of hydrogen-bond donors (Lipinski definition) is 1. The molecule has 0 spiro atoms. The summed E-state index contributed by atoms with van der Waals surface area (Å²) < 4.78 is 0. The van der Waals surface area contributed by atoms with Gasteiger partial charge in [0.2, 0.25) is 5.13 Å². The molecule has 2 aliphatic carbocycles. The third-order valence-electron chi connectivity index (χ3n) is 4.33. The fourth-order valence-electron chi connectivity index (χ4n) is 3.04. The SMILES string of the molecule is c1ccc2c(c1)CC(CCNc1nnc(C3CC3)s1)C2. The van der Waals surface area contributed by atoms with Gasteiger partial charge < -0.3 is 5.32 Å². The Morgan fingerprint density at radius 1 is 1.10 bits per heavy atom. The van der Waals surface area contributed by atoms with E-state index in [9.17, 15) is 0 Å². The molecule has 4 heteroatoms. The Labute approximate surface area is 123 Å². The molecule has 0 amide bonds. The molecule has 1 heterocycles. The first-order chi connectivity index (χ1) is 9.88. The standard InChI is InChI=1S/C16H19N3S/c1-2-4-14-10-11(9-13(14)3-1)7-8-17-16-19-18-15(20-16)12-5-6-12/h1-4,11-12H,5-10H2,(H,17,19). The number of anilines is 1. The number of nitrogens with zero attached hydrogens (tertiary/aromatic N) is 2. The minimum Gasteiger partial charge on any atom is -0.360 e. The van der Waals surface area contributed by atoms with Gasteiger partial charge in [-0.25, -0.2) is 0 Å². The van der Waals surface area contributed by atoms with Crippen molar-refractivity contribution in [3.8, 4) is 0 Å². The fourth-order valence-corrected chi connectivity index (χ4v) is 3.98.